The largest absolute Gasteiger partial charge is 0.489 e. The van der Waals surface area contributed by atoms with E-state index in [0.29, 0.717) is 24.5 Å². The quantitative estimate of drug-likeness (QED) is 0.0817. The molecule has 1 atom stereocenters. The molecule has 0 fully saturated rings. The first-order chi connectivity index (χ1) is 21.8. The number of benzene rings is 3. The van der Waals surface area contributed by atoms with Gasteiger partial charge in [0.05, 0.1) is 24.5 Å². The van der Waals surface area contributed by atoms with Crippen LogP contribution in [-0.2, 0) is 41.5 Å². The number of nitrogens with one attached hydrogen (secondary N) is 1. The number of ether oxygens (including phenoxy) is 4. The number of halogens is 1. The van der Waals surface area contributed by atoms with E-state index in [-0.39, 0.29) is 32.2 Å². The summed E-state index contributed by atoms with van der Waals surface area (Å²) in [6.07, 6.45) is 0.0695. The van der Waals surface area contributed by atoms with E-state index in [4.69, 9.17) is 34.7 Å². The predicted octanol–water partition coefficient (Wildman–Crippen LogP) is 7.64. The third-order valence-corrected chi connectivity index (χ3v) is 9.29. The minimum atomic E-state index is -3.83. The fraction of sp³-hybridized carbons (Fsp3) is 0.441. The molecule has 12 heteroatoms. The average Bonchev–Trinajstić information content (AvgIpc) is 2.98. The molecule has 3 rings (SSSR count). The Morgan fingerprint density at radius 1 is 0.957 bits per heavy atom. The molecular weight excluding hydrogens is 650 g/mol. The van der Waals surface area contributed by atoms with E-state index < -0.39 is 27.4 Å². The maximum absolute atomic E-state index is 13.0. The van der Waals surface area contributed by atoms with Crippen molar-refractivity contribution in [1.82, 2.24) is 5.32 Å². The van der Waals surface area contributed by atoms with Crippen LogP contribution < -0.4 is 10.1 Å². The van der Waals surface area contributed by atoms with Crippen LogP contribution in [0, 0.1) is 0 Å². The zero-order valence-corrected chi connectivity index (χ0v) is 29.4. The third-order valence-electron chi connectivity index (χ3n) is 6.66. The highest BCUT2D eigenvalue weighted by Crippen LogP contribution is 2.34. The summed E-state index contributed by atoms with van der Waals surface area (Å²) in [5.74, 6) is 0.442. The molecule has 0 bridgehead atoms. The first-order valence-corrected chi connectivity index (χ1v) is 17.8. The van der Waals surface area contributed by atoms with Gasteiger partial charge < -0.3 is 24.3 Å². The molecule has 46 heavy (non-hydrogen) atoms. The van der Waals surface area contributed by atoms with Gasteiger partial charge in [0.15, 0.2) is 0 Å². The number of aryl methyl sites for hydroxylation is 1. The molecule has 0 radical (unpaired) electrons. The molecule has 0 aliphatic carbocycles. The van der Waals surface area contributed by atoms with Crippen LogP contribution in [0.5, 0.6) is 5.75 Å². The van der Waals surface area contributed by atoms with Crippen LogP contribution in [0.1, 0.15) is 51.7 Å². The molecule has 1 N–H and O–H groups in total. The number of amides is 1. The summed E-state index contributed by atoms with van der Waals surface area (Å²) in [6.45, 7) is 7.30. The number of carbonyl (C=O) groups excluding carboxylic acids is 1. The van der Waals surface area contributed by atoms with Crippen molar-refractivity contribution in [3.05, 3.63) is 88.9 Å². The molecule has 0 aliphatic heterocycles. The first kappa shape index (κ1) is 37.7. The van der Waals surface area contributed by atoms with Gasteiger partial charge >= 0.3 is 6.09 Å². The molecule has 3 aromatic rings. The standard InChI is InChI=1S/C34H44ClNO8S2/c1-6-43-46(38,39)20-19-34(24-41-25-40-5,36-32(37)44-33(2,3)4)18-17-27-15-16-30(22-31(27)35)45-29-14-10-13-28(21-29)42-23-26-11-8-7-9-12-26/h7-16,21-22H,6,17-20,23-25H2,1-5H3,(H,36,37). The van der Waals surface area contributed by atoms with Crippen molar-refractivity contribution < 1.29 is 36.3 Å². The molecule has 0 aromatic heterocycles. The molecule has 0 spiro atoms. The van der Waals surface area contributed by atoms with E-state index in [0.717, 1.165) is 26.7 Å². The van der Waals surface area contributed by atoms with Gasteiger partial charge in [0.1, 0.15) is 24.8 Å². The molecule has 1 unspecified atom stereocenters. The smallest absolute Gasteiger partial charge is 0.408 e. The Morgan fingerprint density at radius 2 is 1.70 bits per heavy atom. The van der Waals surface area contributed by atoms with Crippen molar-refractivity contribution in [1.29, 1.82) is 0 Å². The molecule has 3 aromatic carbocycles. The lowest BCUT2D eigenvalue weighted by Gasteiger charge is -2.35. The van der Waals surface area contributed by atoms with Crippen molar-refractivity contribution >= 4 is 39.6 Å². The highest BCUT2D eigenvalue weighted by Gasteiger charge is 2.36. The summed E-state index contributed by atoms with van der Waals surface area (Å²) in [5.41, 5.74) is 0.0440. The monoisotopic (exact) mass is 693 g/mol. The Morgan fingerprint density at radius 3 is 2.37 bits per heavy atom. The highest BCUT2D eigenvalue weighted by atomic mass is 35.5. The average molecular weight is 694 g/mol. The van der Waals surface area contributed by atoms with Crippen LogP contribution in [0.4, 0.5) is 4.79 Å². The van der Waals surface area contributed by atoms with Crippen molar-refractivity contribution in [2.45, 2.75) is 74.5 Å². The van der Waals surface area contributed by atoms with Gasteiger partial charge in [-0.1, -0.05) is 65.8 Å². The van der Waals surface area contributed by atoms with Gasteiger partial charge in [-0.25, -0.2) is 4.79 Å². The van der Waals surface area contributed by atoms with E-state index in [1.807, 2.05) is 72.8 Å². The maximum atomic E-state index is 13.0. The normalized spacial score (nSPS) is 13.2. The first-order valence-electron chi connectivity index (χ1n) is 15.0. The Kier molecular flexibility index (Phi) is 14.7. The Labute approximate surface area is 282 Å². The van der Waals surface area contributed by atoms with Crippen molar-refractivity contribution in [3.63, 3.8) is 0 Å². The fourth-order valence-electron chi connectivity index (χ4n) is 4.50. The molecule has 0 heterocycles. The van der Waals surface area contributed by atoms with Crippen molar-refractivity contribution in [2.75, 3.05) is 32.9 Å². The van der Waals surface area contributed by atoms with E-state index in [2.05, 4.69) is 5.32 Å². The maximum Gasteiger partial charge on any atom is 0.408 e. The number of carbonyl (C=O) groups is 1. The van der Waals surface area contributed by atoms with E-state index in [1.54, 1.807) is 39.5 Å². The van der Waals surface area contributed by atoms with Crippen LogP contribution in [-0.4, -0.2) is 58.5 Å². The van der Waals surface area contributed by atoms with Gasteiger partial charge in [-0.15, -0.1) is 0 Å². The van der Waals surface area contributed by atoms with Crippen molar-refractivity contribution in [2.24, 2.45) is 0 Å². The van der Waals surface area contributed by atoms with Crippen LogP contribution in [0.15, 0.2) is 82.6 Å². The summed E-state index contributed by atoms with van der Waals surface area (Å²) < 4.78 is 52.2. The number of alkyl carbamates (subject to hydrolysis) is 1. The fourth-order valence-corrected chi connectivity index (χ4v) is 6.87. The van der Waals surface area contributed by atoms with Crippen molar-refractivity contribution in [3.8, 4) is 5.75 Å². The number of methoxy groups -OCH3 is 1. The molecule has 0 saturated carbocycles. The zero-order chi connectivity index (χ0) is 33.6. The van der Waals surface area contributed by atoms with E-state index >= 15 is 0 Å². The second kappa shape index (κ2) is 17.9. The molecule has 0 aliphatic rings. The Balaban J connectivity index is 1.75. The van der Waals surface area contributed by atoms with Gasteiger partial charge in [-0.2, -0.15) is 8.42 Å². The van der Waals surface area contributed by atoms with Gasteiger partial charge in [0.2, 0.25) is 0 Å². The van der Waals surface area contributed by atoms with E-state index in [1.165, 1.54) is 7.11 Å². The minimum absolute atomic E-state index is 0.0139. The molecule has 9 nitrogen and oxygen atoms in total. The Hall–Kier alpha value is -2.80. The third kappa shape index (κ3) is 13.5. The van der Waals surface area contributed by atoms with Crippen LogP contribution in [0.2, 0.25) is 5.02 Å². The van der Waals surface area contributed by atoms with E-state index in [9.17, 15) is 13.2 Å². The van der Waals surface area contributed by atoms with Gasteiger partial charge in [0.25, 0.3) is 10.1 Å². The van der Waals surface area contributed by atoms with Gasteiger partial charge in [0, 0.05) is 21.9 Å². The summed E-state index contributed by atoms with van der Waals surface area (Å²) >= 11 is 8.33. The SMILES string of the molecule is CCOS(=O)(=O)CCC(CCc1ccc(Sc2cccc(OCc3ccccc3)c2)cc1Cl)(COCOC)NC(=O)OC(C)(C)C. The minimum Gasteiger partial charge on any atom is -0.489 e. The number of hydrogen-bond acceptors (Lipinski definition) is 9. The molecule has 1 amide bonds. The second-order valence-electron chi connectivity index (χ2n) is 11.7. The summed E-state index contributed by atoms with van der Waals surface area (Å²) in [4.78, 5) is 14.9. The number of rotatable bonds is 18. The number of hydrogen-bond donors (Lipinski definition) is 1. The lowest BCUT2D eigenvalue weighted by atomic mass is 9.89. The summed E-state index contributed by atoms with van der Waals surface area (Å²) in [5, 5.41) is 3.45. The summed E-state index contributed by atoms with van der Waals surface area (Å²) in [7, 11) is -2.35. The molecule has 252 valence electrons. The van der Waals surface area contributed by atoms with Crippen LogP contribution in [0.3, 0.4) is 0 Å². The zero-order valence-electron chi connectivity index (χ0n) is 27.0. The highest BCUT2D eigenvalue weighted by molar-refractivity contribution is 7.99. The van der Waals surface area contributed by atoms with Gasteiger partial charge in [-0.3, -0.25) is 4.18 Å². The topological polar surface area (TPSA) is 109 Å². The second-order valence-corrected chi connectivity index (χ2v) is 15.0. The Bertz CT molecular complexity index is 1500. The lowest BCUT2D eigenvalue weighted by Crippen LogP contribution is -2.54. The van der Waals surface area contributed by atoms with Crippen LogP contribution >= 0.6 is 23.4 Å². The lowest BCUT2D eigenvalue weighted by molar-refractivity contribution is -0.0567. The molecular formula is C34H44ClNO8S2. The van der Waals surface area contributed by atoms with Gasteiger partial charge in [-0.05, 0) is 88.4 Å². The van der Waals surface area contributed by atoms with Crippen LogP contribution in [0.25, 0.3) is 0 Å². The summed E-state index contributed by atoms with van der Waals surface area (Å²) in [6, 6.07) is 23.7. The molecule has 0 saturated heterocycles. The predicted molar refractivity (Wildman–Crippen MR) is 181 cm³/mol.